The first kappa shape index (κ1) is 14.8. The van der Waals surface area contributed by atoms with Gasteiger partial charge in [0.1, 0.15) is 5.75 Å². The molecule has 5 nitrogen and oxygen atoms in total. The Bertz CT molecular complexity index is 595. The Morgan fingerprint density at radius 3 is 2.82 bits per heavy atom. The van der Waals surface area contributed by atoms with Gasteiger partial charge in [-0.15, -0.1) is 0 Å². The van der Waals surface area contributed by atoms with Gasteiger partial charge in [0.15, 0.2) is 11.6 Å². The molecule has 116 valence electrons. The second-order valence-corrected chi connectivity index (χ2v) is 5.50. The average molecular weight is 299 g/mol. The molecule has 2 heterocycles. The van der Waals surface area contributed by atoms with Crippen LogP contribution in [0, 0.1) is 5.92 Å². The second kappa shape index (κ2) is 7.22. The summed E-state index contributed by atoms with van der Waals surface area (Å²) in [4.78, 5) is 8.76. The molecule has 1 aromatic carbocycles. The molecule has 0 spiro atoms. The maximum atomic E-state index is 5.79. The number of nitrogens with one attached hydrogen (secondary N) is 1. The summed E-state index contributed by atoms with van der Waals surface area (Å²) in [5.41, 5.74) is 0.933. The first-order valence-corrected chi connectivity index (χ1v) is 7.65. The second-order valence-electron chi connectivity index (χ2n) is 5.50. The van der Waals surface area contributed by atoms with E-state index in [1.165, 1.54) is 12.8 Å². The van der Waals surface area contributed by atoms with Crippen LogP contribution in [0.5, 0.6) is 11.5 Å². The maximum absolute atomic E-state index is 5.79. The summed E-state index contributed by atoms with van der Waals surface area (Å²) in [6.45, 7) is 2.87. The van der Waals surface area contributed by atoms with Gasteiger partial charge in [-0.1, -0.05) is 12.1 Å². The third-order valence-corrected chi connectivity index (χ3v) is 3.84. The summed E-state index contributed by atoms with van der Waals surface area (Å²) < 4.78 is 11.0. The standard InChI is InChI=1S/C17H21N3O2/c1-21-15-6-2-5-14(8-15)17-19-10-16(11-20-17)22-12-13-4-3-7-18-9-13/h2,5-6,8,10-11,13,18H,3-4,7,9,12H2,1H3. The van der Waals surface area contributed by atoms with E-state index in [9.17, 15) is 0 Å². The molecule has 0 amide bonds. The normalized spacial score (nSPS) is 18.0. The fourth-order valence-corrected chi connectivity index (χ4v) is 2.58. The van der Waals surface area contributed by atoms with Crippen LogP contribution in [-0.4, -0.2) is 36.8 Å². The Kier molecular flexibility index (Phi) is 4.85. The van der Waals surface area contributed by atoms with Crippen LogP contribution >= 0.6 is 0 Å². The van der Waals surface area contributed by atoms with Gasteiger partial charge in [0.25, 0.3) is 0 Å². The lowest BCUT2D eigenvalue weighted by Crippen LogP contribution is -2.33. The van der Waals surface area contributed by atoms with E-state index < -0.39 is 0 Å². The van der Waals surface area contributed by atoms with Crippen LogP contribution in [-0.2, 0) is 0 Å². The molecule has 1 saturated heterocycles. The van der Waals surface area contributed by atoms with Gasteiger partial charge in [-0.25, -0.2) is 9.97 Å². The molecule has 22 heavy (non-hydrogen) atoms. The Morgan fingerprint density at radius 2 is 2.09 bits per heavy atom. The van der Waals surface area contributed by atoms with Crippen LogP contribution in [0.1, 0.15) is 12.8 Å². The summed E-state index contributed by atoms with van der Waals surface area (Å²) in [7, 11) is 1.65. The van der Waals surface area contributed by atoms with Crippen molar-refractivity contribution in [1.29, 1.82) is 0 Å². The Morgan fingerprint density at radius 1 is 1.23 bits per heavy atom. The van der Waals surface area contributed by atoms with Crippen molar-refractivity contribution in [3.05, 3.63) is 36.7 Å². The number of methoxy groups -OCH3 is 1. The van der Waals surface area contributed by atoms with Gasteiger partial charge in [-0.3, -0.25) is 0 Å². The van der Waals surface area contributed by atoms with Crippen molar-refractivity contribution in [2.24, 2.45) is 5.92 Å². The molecule has 1 aromatic heterocycles. The zero-order chi connectivity index (χ0) is 15.2. The van der Waals surface area contributed by atoms with Crippen LogP contribution in [0.25, 0.3) is 11.4 Å². The first-order chi connectivity index (χ1) is 10.8. The van der Waals surface area contributed by atoms with Gasteiger partial charge in [-0.05, 0) is 31.5 Å². The van der Waals surface area contributed by atoms with Crippen LogP contribution < -0.4 is 14.8 Å². The van der Waals surface area contributed by atoms with E-state index in [2.05, 4.69) is 15.3 Å². The lowest BCUT2D eigenvalue weighted by Gasteiger charge is -2.22. The highest BCUT2D eigenvalue weighted by Crippen LogP contribution is 2.21. The topological polar surface area (TPSA) is 56.3 Å². The molecule has 1 fully saturated rings. The fraction of sp³-hybridized carbons (Fsp3) is 0.412. The van der Waals surface area contributed by atoms with E-state index in [-0.39, 0.29) is 0 Å². The van der Waals surface area contributed by atoms with E-state index in [4.69, 9.17) is 9.47 Å². The fourth-order valence-electron chi connectivity index (χ4n) is 2.58. The maximum Gasteiger partial charge on any atom is 0.159 e. The van der Waals surface area contributed by atoms with Crippen molar-refractivity contribution in [1.82, 2.24) is 15.3 Å². The van der Waals surface area contributed by atoms with Crippen molar-refractivity contribution < 1.29 is 9.47 Å². The van der Waals surface area contributed by atoms with E-state index in [0.29, 0.717) is 11.7 Å². The van der Waals surface area contributed by atoms with Crippen LogP contribution in [0.4, 0.5) is 0 Å². The van der Waals surface area contributed by atoms with Crippen molar-refractivity contribution >= 4 is 0 Å². The molecule has 0 radical (unpaired) electrons. The van der Waals surface area contributed by atoms with Crippen LogP contribution in [0.15, 0.2) is 36.7 Å². The van der Waals surface area contributed by atoms with E-state index in [1.807, 2.05) is 24.3 Å². The highest BCUT2D eigenvalue weighted by atomic mass is 16.5. The molecule has 5 heteroatoms. The van der Waals surface area contributed by atoms with Crippen LogP contribution in [0.3, 0.4) is 0 Å². The lowest BCUT2D eigenvalue weighted by atomic mass is 10.0. The summed E-state index contributed by atoms with van der Waals surface area (Å²) in [5.74, 6) is 2.76. The smallest absolute Gasteiger partial charge is 0.159 e. The molecule has 0 bridgehead atoms. The molecule has 0 aliphatic carbocycles. The number of hydrogen-bond donors (Lipinski definition) is 1. The third-order valence-electron chi connectivity index (χ3n) is 3.84. The molecular formula is C17H21N3O2. The van der Waals surface area contributed by atoms with Crippen molar-refractivity contribution in [3.63, 3.8) is 0 Å². The van der Waals surface area contributed by atoms with E-state index in [1.54, 1.807) is 19.5 Å². The van der Waals surface area contributed by atoms with Gasteiger partial charge in [-0.2, -0.15) is 0 Å². The average Bonchev–Trinajstić information content (AvgIpc) is 2.61. The first-order valence-electron chi connectivity index (χ1n) is 7.65. The Balaban J connectivity index is 1.61. The van der Waals surface area contributed by atoms with Gasteiger partial charge in [0, 0.05) is 18.0 Å². The number of hydrogen-bond acceptors (Lipinski definition) is 5. The third kappa shape index (κ3) is 3.74. The van der Waals surface area contributed by atoms with Gasteiger partial charge in [0.2, 0.25) is 0 Å². The molecule has 2 aromatic rings. The molecule has 1 N–H and O–H groups in total. The molecule has 3 rings (SSSR count). The summed E-state index contributed by atoms with van der Waals surface area (Å²) in [5, 5.41) is 3.39. The molecule has 1 unspecified atom stereocenters. The Hall–Kier alpha value is -2.14. The highest BCUT2D eigenvalue weighted by molar-refractivity contribution is 5.57. The zero-order valence-electron chi connectivity index (χ0n) is 12.8. The molecule has 0 saturated carbocycles. The minimum atomic E-state index is 0.576. The number of ether oxygens (including phenoxy) is 2. The van der Waals surface area contributed by atoms with Crippen LogP contribution in [0.2, 0.25) is 0 Å². The predicted molar refractivity (Wildman–Crippen MR) is 85.1 cm³/mol. The molecule has 1 aliphatic heterocycles. The monoisotopic (exact) mass is 299 g/mol. The molecule has 1 atom stereocenters. The summed E-state index contributed by atoms with van der Waals surface area (Å²) >= 11 is 0. The zero-order valence-corrected chi connectivity index (χ0v) is 12.8. The van der Waals surface area contributed by atoms with Crippen molar-refractivity contribution in [2.75, 3.05) is 26.8 Å². The SMILES string of the molecule is COc1cccc(-c2ncc(OCC3CCCNC3)cn2)c1. The van der Waals surface area contributed by atoms with E-state index in [0.717, 1.165) is 36.8 Å². The van der Waals surface area contributed by atoms with Gasteiger partial charge >= 0.3 is 0 Å². The molecular weight excluding hydrogens is 278 g/mol. The van der Waals surface area contributed by atoms with Gasteiger partial charge in [0.05, 0.1) is 26.1 Å². The number of piperidine rings is 1. The van der Waals surface area contributed by atoms with Crippen molar-refractivity contribution in [2.45, 2.75) is 12.8 Å². The number of nitrogens with zero attached hydrogens (tertiary/aromatic N) is 2. The minimum Gasteiger partial charge on any atom is -0.497 e. The quantitative estimate of drug-likeness (QED) is 0.919. The van der Waals surface area contributed by atoms with E-state index >= 15 is 0 Å². The largest absolute Gasteiger partial charge is 0.497 e. The highest BCUT2D eigenvalue weighted by Gasteiger charge is 2.13. The lowest BCUT2D eigenvalue weighted by molar-refractivity contribution is 0.217. The minimum absolute atomic E-state index is 0.576. The van der Waals surface area contributed by atoms with Crippen molar-refractivity contribution in [3.8, 4) is 22.9 Å². The number of aromatic nitrogens is 2. The molecule has 1 aliphatic rings. The number of rotatable bonds is 5. The predicted octanol–water partition coefficient (Wildman–Crippen LogP) is 2.53. The summed E-state index contributed by atoms with van der Waals surface area (Å²) in [6, 6.07) is 7.72. The number of benzene rings is 1. The van der Waals surface area contributed by atoms with Gasteiger partial charge < -0.3 is 14.8 Å². The summed E-state index contributed by atoms with van der Waals surface area (Å²) in [6.07, 6.45) is 5.91. The Labute approximate surface area is 130 Å².